The van der Waals surface area contributed by atoms with E-state index in [2.05, 4.69) is 19.2 Å². The standard InChI is InChI=1S/C15H23ClN2/c1-14(2)8-3-9-15(10-14,11-17)18-13-6-4-12(16)5-7-13/h4-7,18H,3,8-11,17H2,1-2H3. The van der Waals surface area contributed by atoms with Crippen LogP contribution in [0.1, 0.15) is 39.5 Å². The lowest BCUT2D eigenvalue weighted by atomic mass is 9.68. The zero-order chi connectivity index (χ0) is 13.2. The van der Waals surface area contributed by atoms with Crippen LogP contribution in [0.3, 0.4) is 0 Å². The van der Waals surface area contributed by atoms with Gasteiger partial charge in [-0.3, -0.25) is 0 Å². The fourth-order valence-corrected chi connectivity index (χ4v) is 3.30. The van der Waals surface area contributed by atoms with Crippen molar-refractivity contribution in [1.82, 2.24) is 0 Å². The fourth-order valence-electron chi connectivity index (χ4n) is 3.17. The Labute approximate surface area is 115 Å². The number of anilines is 1. The summed E-state index contributed by atoms with van der Waals surface area (Å²) in [5, 5.41) is 4.41. The first-order chi connectivity index (χ1) is 8.45. The number of rotatable bonds is 3. The van der Waals surface area contributed by atoms with E-state index in [1.165, 1.54) is 12.8 Å². The molecule has 1 aromatic carbocycles. The van der Waals surface area contributed by atoms with Crippen molar-refractivity contribution in [2.24, 2.45) is 11.1 Å². The van der Waals surface area contributed by atoms with Crippen LogP contribution in [0.25, 0.3) is 0 Å². The summed E-state index contributed by atoms with van der Waals surface area (Å²) in [4.78, 5) is 0. The van der Waals surface area contributed by atoms with Crippen LogP contribution in [0.4, 0.5) is 5.69 Å². The van der Waals surface area contributed by atoms with Gasteiger partial charge in [-0.1, -0.05) is 31.9 Å². The minimum Gasteiger partial charge on any atom is -0.378 e. The second-order valence-corrected chi connectivity index (χ2v) is 6.75. The number of benzene rings is 1. The van der Waals surface area contributed by atoms with Gasteiger partial charge >= 0.3 is 0 Å². The molecule has 0 saturated heterocycles. The van der Waals surface area contributed by atoms with Crippen LogP contribution in [-0.4, -0.2) is 12.1 Å². The van der Waals surface area contributed by atoms with Gasteiger partial charge in [-0.15, -0.1) is 0 Å². The van der Waals surface area contributed by atoms with Crippen LogP contribution in [0.2, 0.25) is 5.02 Å². The molecule has 1 unspecified atom stereocenters. The van der Waals surface area contributed by atoms with E-state index >= 15 is 0 Å². The molecule has 2 rings (SSSR count). The van der Waals surface area contributed by atoms with Crippen molar-refractivity contribution < 1.29 is 0 Å². The van der Waals surface area contributed by atoms with E-state index in [9.17, 15) is 0 Å². The third-order valence-electron chi connectivity index (χ3n) is 3.97. The van der Waals surface area contributed by atoms with E-state index in [1.54, 1.807) is 0 Å². The molecule has 0 aliphatic heterocycles. The number of nitrogens with two attached hydrogens (primary N) is 1. The largest absolute Gasteiger partial charge is 0.378 e. The molecule has 1 aromatic rings. The van der Waals surface area contributed by atoms with Crippen LogP contribution in [0, 0.1) is 5.41 Å². The Morgan fingerprint density at radius 3 is 2.44 bits per heavy atom. The third kappa shape index (κ3) is 3.18. The van der Waals surface area contributed by atoms with Gasteiger partial charge in [0.2, 0.25) is 0 Å². The molecule has 3 N–H and O–H groups in total. The van der Waals surface area contributed by atoms with Gasteiger partial charge in [0.1, 0.15) is 0 Å². The molecule has 1 aliphatic carbocycles. The first kappa shape index (κ1) is 13.7. The van der Waals surface area contributed by atoms with E-state index in [1.807, 2.05) is 24.3 Å². The lowest BCUT2D eigenvalue weighted by molar-refractivity contribution is 0.170. The van der Waals surface area contributed by atoms with Gasteiger partial charge in [0, 0.05) is 17.3 Å². The maximum Gasteiger partial charge on any atom is 0.0500 e. The van der Waals surface area contributed by atoms with Gasteiger partial charge in [-0.25, -0.2) is 0 Å². The molecule has 1 saturated carbocycles. The molecule has 0 aromatic heterocycles. The predicted octanol–water partition coefficient (Wildman–Crippen LogP) is 4.05. The molecular weight excluding hydrogens is 244 g/mol. The molecule has 0 heterocycles. The lowest BCUT2D eigenvalue weighted by Crippen LogP contribution is -2.50. The maximum absolute atomic E-state index is 6.05. The Morgan fingerprint density at radius 2 is 1.89 bits per heavy atom. The van der Waals surface area contributed by atoms with Gasteiger partial charge in [-0.05, 0) is 48.9 Å². The lowest BCUT2D eigenvalue weighted by Gasteiger charge is -2.45. The molecule has 18 heavy (non-hydrogen) atoms. The first-order valence-electron chi connectivity index (χ1n) is 6.69. The summed E-state index contributed by atoms with van der Waals surface area (Å²) in [6.07, 6.45) is 4.80. The Morgan fingerprint density at radius 1 is 1.22 bits per heavy atom. The van der Waals surface area contributed by atoms with Crippen molar-refractivity contribution in [3.63, 3.8) is 0 Å². The second kappa shape index (κ2) is 5.10. The molecule has 0 amide bonds. The van der Waals surface area contributed by atoms with E-state index in [-0.39, 0.29) is 5.54 Å². The Kier molecular flexibility index (Phi) is 3.88. The zero-order valence-electron chi connectivity index (χ0n) is 11.3. The first-order valence-corrected chi connectivity index (χ1v) is 7.06. The fraction of sp³-hybridized carbons (Fsp3) is 0.600. The topological polar surface area (TPSA) is 38.0 Å². The molecule has 1 atom stereocenters. The molecule has 0 radical (unpaired) electrons. The van der Waals surface area contributed by atoms with Crippen LogP contribution in [0.15, 0.2) is 24.3 Å². The predicted molar refractivity (Wildman–Crippen MR) is 79.1 cm³/mol. The molecular formula is C15H23ClN2. The molecule has 3 heteroatoms. The average molecular weight is 267 g/mol. The third-order valence-corrected chi connectivity index (χ3v) is 4.22. The Bertz CT molecular complexity index is 399. The van der Waals surface area contributed by atoms with Crippen LogP contribution < -0.4 is 11.1 Å². The summed E-state index contributed by atoms with van der Waals surface area (Å²) in [5.74, 6) is 0. The molecule has 0 spiro atoms. The van der Waals surface area contributed by atoms with E-state index in [0.717, 1.165) is 23.6 Å². The highest BCUT2D eigenvalue weighted by molar-refractivity contribution is 6.30. The van der Waals surface area contributed by atoms with Crippen LogP contribution in [-0.2, 0) is 0 Å². The van der Waals surface area contributed by atoms with Crippen molar-refractivity contribution in [1.29, 1.82) is 0 Å². The van der Waals surface area contributed by atoms with Crippen LogP contribution in [0.5, 0.6) is 0 Å². The van der Waals surface area contributed by atoms with E-state index < -0.39 is 0 Å². The maximum atomic E-state index is 6.05. The molecule has 1 aliphatic rings. The highest BCUT2D eigenvalue weighted by Crippen LogP contribution is 2.42. The monoisotopic (exact) mass is 266 g/mol. The summed E-state index contributed by atoms with van der Waals surface area (Å²) in [6.45, 7) is 5.35. The minimum atomic E-state index is 0.0373. The summed E-state index contributed by atoms with van der Waals surface area (Å²) in [7, 11) is 0. The van der Waals surface area contributed by atoms with Gasteiger partial charge in [0.25, 0.3) is 0 Å². The minimum absolute atomic E-state index is 0.0373. The Balaban J connectivity index is 2.15. The van der Waals surface area contributed by atoms with E-state index in [4.69, 9.17) is 17.3 Å². The summed E-state index contributed by atoms with van der Waals surface area (Å²) in [5.41, 5.74) is 7.57. The quantitative estimate of drug-likeness (QED) is 0.866. The smallest absolute Gasteiger partial charge is 0.0500 e. The average Bonchev–Trinajstić information content (AvgIpc) is 2.31. The second-order valence-electron chi connectivity index (χ2n) is 6.31. The van der Waals surface area contributed by atoms with Crippen LogP contribution >= 0.6 is 11.6 Å². The van der Waals surface area contributed by atoms with Crippen molar-refractivity contribution in [3.05, 3.63) is 29.3 Å². The summed E-state index contributed by atoms with van der Waals surface area (Å²) < 4.78 is 0. The molecule has 1 fully saturated rings. The summed E-state index contributed by atoms with van der Waals surface area (Å²) >= 11 is 5.92. The number of halogens is 1. The SMILES string of the molecule is CC1(C)CCCC(CN)(Nc2ccc(Cl)cc2)C1. The van der Waals surface area contributed by atoms with Crippen molar-refractivity contribution in [2.45, 2.75) is 45.1 Å². The molecule has 0 bridgehead atoms. The van der Waals surface area contributed by atoms with Crippen molar-refractivity contribution in [3.8, 4) is 0 Å². The number of nitrogens with one attached hydrogen (secondary N) is 1. The van der Waals surface area contributed by atoms with Gasteiger partial charge in [0.15, 0.2) is 0 Å². The molecule has 2 nitrogen and oxygen atoms in total. The Hall–Kier alpha value is -0.730. The van der Waals surface area contributed by atoms with Gasteiger partial charge in [0.05, 0.1) is 5.54 Å². The van der Waals surface area contributed by atoms with Crippen molar-refractivity contribution >= 4 is 17.3 Å². The summed E-state index contributed by atoms with van der Waals surface area (Å²) in [6, 6.07) is 7.90. The number of hydrogen-bond acceptors (Lipinski definition) is 2. The highest BCUT2D eigenvalue weighted by atomic mass is 35.5. The van der Waals surface area contributed by atoms with E-state index in [0.29, 0.717) is 12.0 Å². The number of hydrogen-bond donors (Lipinski definition) is 2. The zero-order valence-corrected chi connectivity index (χ0v) is 12.1. The normalized spacial score (nSPS) is 26.9. The van der Waals surface area contributed by atoms with Crippen molar-refractivity contribution in [2.75, 3.05) is 11.9 Å². The molecule has 100 valence electrons. The van der Waals surface area contributed by atoms with Gasteiger partial charge in [-0.2, -0.15) is 0 Å². The van der Waals surface area contributed by atoms with Gasteiger partial charge < -0.3 is 11.1 Å². The highest BCUT2D eigenvalue weighted by Gasteiger charge is 2.38.